The van der Waals surface area contributed by atoms with Crippen LogP contribution >= 0.6 is 0 Å². The predicted molar refractivity (Wildman–Crippen MR) is 117 cm³/mol. The van der Waals surface area contributed by atoms with E-state index in [4.69, 9.17) is 9.15 Å². The van der Waals surface area contributed by atoms with Crippen LogP contribution in [-0.4, -0.2) is 42.8 Å². The van der Waals surface area contributed by atoms with Gasteiger partial charge in [0.15, 0.2) is 0 Å². The highest BCUT2D eigenvalue weighted by Gasteiger charge is 2.13. The molecule has 0 aliphatic heterocycles. The van der Waals surface area contributed by atoms with Gasteiger partial charge in [-0.05, 0) is 35.9 Å². The first-order chi connectivity index (χ1) is 15.5. The lowest BCUT2D eigenvalue weighted by molar-refractivity contribution is -0.125. The molecule has 1 aromatic heterocycles. The van der Waals surface area contributed by atoms with Crippen molar-refractivity contribution in [2.75, 3.05) is 13.7 Å². The zero-order valence-electron chi connectivity index (χ0n) is 17.2. The number of carboxylic acids is 1. The molecule has 1 heterocycles. The first-order valence-electron chi connectivity index (χ1n) is 9.60. The number of nitrogens with one attached hydrogen (secondary N) is 2. The van der Waals surface area contributed by atoms with Crippen LogP contribution in [-0.2, 0) is 16.0 Å². The molecule has 3 aromatic rings. The van der Waals surface area contributed by atoms with Gasteiger partial charge in [0.1, 0.15) is 17.3 Å². The third-order valence-electron chi connectivity index (χ3n) is 4.40. The van der Waals surface area contributed by atoms with Gasteiger partial charge in [-0.1, -0.05) is 30.3 Å². The molecule has 0 atom stereocenters. The maximum atomic E-state index is 12.0. The fourth-order valence-electron chi connectivity index (χ4n) is 2.83. The Balaban J connectivity index is 1.47. The molecule has 0 aliphatic carbocycles. The molecule has 0 saturated heterocycles. The quantitative estimate of drug-likeness (QED) is 0.350. The number of carboxylic acid groups (broad SMARTS) is 1. The summed E-state index contributed by atoms with van der Waals surface area (Å²) >= 11 is 0. The number of ether oxygens (including phenoxy) is 1. The Morgan fingerprint density at radius 2 is 1.78 bits per heavy atom. The fourth-order valence-corrected chi connectivity index (χ4v) is 2.83. The minimum absolute atomic E-state index is 0.115. The minimum Gasteiger partial charge on any atom is -0.497 e. The molecule has 0 fully saturated rings. The lowest BCUT2D eigenvalue weighted by atomic mass is 10.1. The largest absolute Gasteiger partial charge is 0.497 e. The number of benzene rings is 2. The third-order valence-corrected chi connectivity index (χ3v) is 4.40. The Kier molecular flexibility index (Phi) is 7.37. The molecule has 164 valence electrons. The number of methoxy groups -OCH3 is 1. The number of hydrogen-bond acceptors (Lipinski definition) is 6. The maximum Gasteiger partial charge on any atom is 0.336 e. The Morgan fingerprint density at radius 1 is 1.03 bits per heavy atom. The predicted octanol–water partition coefficient (Wildman–Crippen LogP) is 2.46. The summed E-state index contributed by atoms with van der Waals surface area (Å²) in [5.41, 5.74) is 3.63. The van der Waals surface area contributed by atoms with Crippen molar-refractivity contribution in [3.05, 3.63) is 77.6 Å². The van der Waals surface area contributed by atoms with Gasteiger partial charge in [0.2, 0.25) is 5.91 Å². The molecule has 0 unspecified atom stereocenters. The molecule has 0 bridgehead atoms. The van der Waals surface area contributed by atoms with Gasteiger partial charge in [-0.3, -0.25) is 9.59 Å². The van der Waals surface area contributed by atoms with Crippen molar-refractivity contribution in [2.45, 2.75) is 6.42 Å². The molecular weight excluding hydrogens is 414 g/mol. The van der Waals surface area contributed by atoms with E-state index in [0.717, 1.165) is 5.56 Å². The first-order valence-corrected chi connectivity index (χ1v) is 9.60. The average molecular weight is 435 g/mol. The van der Waals surface area contributed by atoms with Crippen LogP contribution in [0.4, 0.5) is 0 Å². The number of carbonyl (C=O) groups is 3. The molecule has 3 rings (SSSR count). The van der Waals surface area contributed by atoms with E-state index in [9.17, 15) is 19.5 Å². The summed E-state index contributed by atoms with van der Waals surface area (Å²) in [7, 11) is 1.56. The van der Waals surface area contributed by atoms with E-state index in [1.807, 2.05) is 0 Å². The average Bonchev–Trinajstić information content (AvgIpc) is 3.27. The van der Waals surface area contributed by atoms with Gasteiger partial charge in [0.25, 0.3) is 5.91 Å². The van der Waals surface area contributed by atoms with E-state index in [2.05, 4.69) is 15.8 Å². The van der Waals surface area contributed by atoms with Crippen LogP contribution in [0.1, 0.15) is 21.7 Å². The zero-order valence-corrected chi connectivity index (χ0v) is 17.2. The van der Waals surface area contributed by atoms with Crippen LogP contribution in [0.5, 0.6) is 5.75 Å². The molecule has 3 N–H and O–H groups in total. The van der Waals surface area contributed by atoms with Gasteiger partial charge in [-0.25, -0.2) is 10.2 Å². The van der Waals surface area contributed by atoms with Crippen LogP contribution in [0, 0.1) is 0 Å². The Morgan fingerprint density at radius 3 is 2.50 bits per heavy atom. The van der Waals surface area contributed by atoms with E-state index < -0.39 is 11.9 Å². The van der Waals surface area contributed by atoms with E-state index >= 15 is 0 Å². The Hall–Kier alpha value is -4.40. The molecule has 2 aromatic carbocycles. The van der Waals surface area contributed by atoms with Gasteiger partial charge >= 0.3 is 5.97 Å². The SMILES string of the molecule is COc1ccc(CC(=O)NCC(=O)N/N=C\c2ccc(-c3ccccc3C(=O)O)o2)cc1. The number of aromatic carboxylic acids is 1. The molecule has 9 heteroatoms. The Labute approximate surface area is 183 Å². The molecule has 32 heavy (non-hydrogen) atoms. The van der Waals surface area contributed by atoms with Gasteiger partial charge in [-0.2, -0.15) is 5.10 Å². The highest BCUT2D eigenvalue weighted by atomic mass is 16.5. The summed E-state index contributed by atoms with van der Waals surface area (Å²) in [5, 5.41) is 15.6. The molecule has 0 radical (unpaired) electrons. The van der Waals surface area contributed by atoms with Crippen molar-refractivity contribution in [3.63, 3.8) is 0 Å². The number of rotatable bonds is 9. The number of hydrogen-bond donors (Lipinski definition) is 3. The van der Waals surface area contributed by atoms with Crippen molar-refractivity contribution in [2.24, 2.45) is 5.10 Å². The van der Waals surface area contributed by atoms with E-state index in [-0.39, 0.29) is 24.4 Å². The van der Waals surface area contributed by atoms with Crippen molar-refractivity contribution in [1.82, 2.24) is 10.7 Å². The van der Waals surface area contributed by atoms with Crippen LogP contribution in [0.3, 0.4) is 0 Å². The second-order valence-electron chi connectivity index (χ2n) is 6.65. The molecule has 9 nitrogen and oxygen atoms in total. The smallest absolute Gasteiger partial charge is 0.336 e. The number of carbonyl (C=O) groups excluding carboxylic acids is 2. The summed E-state index contributed by atoms with van der Waals surface area (Å²) in [4.78, 5) is 35.2. The van der Waals surface area contributed by atoms with Gasteiger partial charge < -0.3 is 19.6 Å². The maximum absolute atomic E-state index is 12.0. The topological polar surface area (TPSA) is 130 Å². The number of hydrazone groups is 1. The highest BCUT2D eigenvalue weighted by molar-refractivity contribution is 5.95. The van der Waals surface area contributed by atoms with Crippen molar-refractivity contribution < 1.29 is 28.6 Å². The molecule has 0 spiro atoms. The monoisotopic (exact) mass is 435 g/mol. The van der Waals surface area contributed by atoms with E-state index in [0.29, 0.717) is 22.8 Å². The van der Waals surface area contributed by atoms with E-state index in [1.54, 1.807) is 61.7 Å². The van der Waals surface area contributed by atoms with Crippen LogP contribution in [0.2, 0.25) is 0 Å². The van der Waals surface area contributed by atoms with Crippen LogP contribution < -0.4 is 15.5 Å². The second-order valence-corrected chi connectivity index (χ2v) is 6.65. The first kappa shape index (κ1) is 22.3. The second kappa shape index (κ2) is 10.6. The number of nitrogens with zero attached hydrogens (tertiary/aromatic N) is 1. The summed E-state index contributed by atoms with van der Waals surface area (Å²) < 4.78 is 10.6. The summed E-state index contributed by atoms with van der Waals surface area (Å²) in [5.74, 6) is -0.491. The normalized spacial score (nSPS) is 10.7. The third kappa shape index (κ3) is 6.05. The molecule has 0 saturated carbocycles. The number of amides is 2. The van der Waals surface area contributed by atoms with Crippen molar-refractivity contribution in [1.29, 1.82) is 0 Å². The lowest BCUT2D eigenvalue weighted by Crippen LogP contribution is -2.35. The number of furan rings is 1. The summed E-state index contributed by atoms with van der Waals surface area (Å²) in [6, 6.07) is 16.7. The standard InChI is InChI=1S/C23H21N3O6/c1-31-16-8-6-15(7-9-16)12-21(27)24-14-22(28)26-25-13-17-10-11-20(32-17)18-4-2-3-5-19(18)23(29)30/h2-11,13H,12,14H2,1H3,(H,24,27)(H,26,28)(H,29,30)/b25-13-. The highest BCUT2D eigenvalue weighted by Crippen LogP contribution is 2.25. The fraction of sp³-hybridized carbons (Fsp3) is 0.130. The molecule has 2 amide bonds. The zero-order chi connectivity index (χ0) is 22.9. The molecular formula is C23H21N3O6. The van der Waals surface area contributed by atoms with Crippen LogP contribution in [0.25, 0.3) is 11.3 Å². The van der Waals surface area contributed by atoms with Crippen molar-refractivity contribution in [3.8, 4) is 17.1 Å². The van der Waals surface area contributed by atoms with Crippen LogP contribution in [0.15, 0.2) is 70.2 Å². The lowest BCUT2D eigenvalue weighted by Gasteiger charge is -2.05. The van der Waals surface area contributed by atoms with Gasteiger partial charge in [0, 0.05) is 5.56 Å². The van der Waals surface area contributed by atoms with E-state index in [1.165, 1.54) is 12.3 Å². The van der Waals surface area contributed by atoms with Gasteiger partial charge in [-0.15, -0.1) is 0 Å². The Bertz CT molecular complexity index is 1130. The minimum atomic E-state index is -1.06. The van der Waals surface area contributed by atoms with Crippen molar-refractivity contribution >= 4 is 24.0 Å². The molecule has 0 aliphatic rings. The summed E-state index contributed by atoms with van der Waals surface area (Å²) in [6.45, 7) is -0.234. The van der Waals surface area contributed by atoms with Gasteiger partial charge in [0.05, 0.1) is 31.9 Å². The summed E-state index contributed by atoms with van der Waals surface area (Å²) in [6.07, 6.45) is 1.41.